The second-order valence-electron chi connectivity index (χ2n) is 5.52. The molecule has 130 valence electrons. The summed E-state index contributed by atoms with van der Waals surface area (Å²) in [4.78, 5) is 16.9. The van der Waals surface area contributed by atoms with Crippen molar-refractivity contribution >= 4 is 44.4 Å². The van der Waals surface area contributed by atoms with Crippen LogP contribution in [-0.2, 0) is 10.0 Å². The van der Waals surface area contributed by atoms with Crippen molar-refractivity contribution in [3.8, 4) is 0 Å². The van der Waals surface area contributed by atoms with Gasteiger partial charge in [-0.25, -0.2) is 13.4 Å². The molecule has 0 saturated carbocycles. The van der Waals surface area contributed by atoms with Crippen LogP contribution in [0.25, 0.3) is 11.1 Å². The first-order chi connectivity index (χ1) is 11.8. The fraction of sp³-hybridized carbons (Fsp3) is 0.176. The third-order valence-electron chi connectivity index (χ3n) is 3.39. The first-order valence-electron chi connectivity index (χ1n) is 7.46. The molecule has 0 bridgehead atoms. The zero-order chi connectivity index (χ0) is 18.0. The molecule has 0 radical (unpaired) electrons. The van der Waals surface area contributed by atoms with Crippen molar-refractivity contribution in [1.82, 2.24) is 4.98 Å². The average molecular weight is 376 g/mol. The number of carbonyl (C=O) groups is 1. The van der Waals surface area contributed by atoms with Crippen LogP contribution in [0.15, 0.2) is 58.2 Å². The Hall–Kier alpha value is -2.32. The summed E-state index contributed by atoms with van der Waals surface area (Å²) in [5.74, 6) is -0.0850. The predicted octanol–water partition coefficient (Wildman–Crippen LogP) is 3.56. The van der Waals surface area contributed by atoms with Crippen molar-refractivity contribution in [2.45, 2.75) is 17.4 Å². The number of hydrogen-bond donors (Lipinski definition) is 1. The summed E-state index contributed by atoms with van der Waals surface area (Å²) in [6.07, 6.45) is 1.07. The number of sulfonamides is 1. The lowest BCUT2D eigenvalue weighted by atomic mass is 10.1. The second kappa shape index (κ2) is 6.89. The van der Waals surface area contributed by atoms with Crippen LogP contribution in [0.5, 0.6) is 0 Å². The number of para-hydroxylation sites is 2. The molecule has 0 aliphatic rings. The molecule has 8 heteroatoms. The molecule has 0 spiro atoms. The van der Waals surface area contributed by atoms with E-state index in [0.717, 1.165) is 11.8 Å². The zero-order valence-electron chi connectivity index (χ0n) is 13.6. The van der Waals surface area contributed by atoms with Gasteiger partial charge in [-0.1, -0.05) is 23.9 Å². The highest BCUT2D eigenvalue weighted by atomic mass is 32.2. The third kappa shape index (κ3) is 4.40. The van der Waals surface area contributed by atoms with Gasteiger partial charge < -0.3 is 4.42 Å². The van der Waals surface area contributed by atoms with Gasteiger partial charge in [0.05, 0.1) is 11.5 Å². The van der Waals surface area contributed by atoms with E-state index >= 15 is 0 Å². The number of benzene rings is 2. The van der Waals surface area contributed by atoms with Gasteiger partial charge in [-0.3, -0.25) is 9.52 Å². The molecule has 0 unspecified atom stereocenters. The molecule has 1 heterocycles. The highest BCUT2D eigenvalue weighted by Crippen LogP contribution is 2.28. The topological polar surface area (TPSA) is 89.3 Å². The van der Waals surface area contributed by atoms with Crippen molar-refractivity contribution in [3.63, 3.8) is 0 Å². The molecule has 1 atom stereocenters. The molecular formula is C17H16N2O4S2. The van der Waals surface area contributed by atoms with Crippen LogP contribution in [0.2, 0.25) is 0 Å². The Bertz CT molecular complexity index is 978. The van der Waals surface area contributed by atoms with Crippen LogP contribution >= 0.6 is 11.8 Å². The Labute approximate surface area is 149 Å². The molecule has 6 nitrogen and oxygen atoms in total. The number of anilines is 1. The molecule has 3 rings (SSSR count). The van der Waals surface area contributed by atoms with Crippen LogP contribution < -0.4 is 4.72 Å². The Morgan fingerprint density at radius 1 is 1.16 bits per heavy atom. The largest absolute Gasteiger partial charge is 0.431 e. The highest BCUT2D eigenvalue weighted by Gasteiger charge is 2.19. The number of oxazole rings is 1. The van der Waals surface area contributed by atoms with E-state index in [9.17, 15) is 13.2 Å². The molecular weight excluding hydrogens is 360 g/mol. The molecule has 0 fully saturated rings. The average Bonchev–Trinajstić information content (AvgIpc) is 2.95. The fourth-order valence-corrected chi connectivity index (χ4v) is 3.66. The minimum absolute atomic E-state index is 0.0850. The maximum Gasteiger partial charge on any atom is 0.257 e. The molecule has 0 amide bonds. The lowest BCUT2D eigenvalue weighted by Crippen LogP contribution is -2.14. The lowest BCUT2D eigenvalue weighted by Gasteiger charge is -2.09. The van der Waals surface area contributed by atoms with E-state index in [1.165, 1.54) is 11.8 Å². The van der Waals surface area contributed by atoms with Gasteiger partial charge in [0.1, 0.15) is 5.52 Å². The summed E-state index contributed by atoms with van der Waals surface area (Å²) >= 11 is 1.25. The van der Waals surface area contributed by atoms with Gasteiger partial charge >= 0.3 is 0 Å². The van der Waals surface area contributed by atoms with E-state index < -0.39 is 10.0 Å². The summed E-state index contributed by atoms with van der Waals surface area (Å²) < 4.78 is 30.4. The van der Waals surface area contributed by atoms with Crippen molar-refractivity contribution in [2.24, 2.45) is 0 Å². The standard InChI is InChI=1S/C17H16N2O4S2/c1-11(24-17-18-14-5-3-4-6-15(14)23-17)16(20)12-7-9-13(10-8-12)19-25(2,21)22/h3-11,19H,1-2H3/t11-/m1/s1. The summed E-state index contributed by atoms with van der Waals surface area (Å²) in [6.45, 7) is 1.78. The quantitative estimate of drug-likeness (QED) is 0.523. The number of ketones is 1. The number of Topliss-reactive ketones (excluding diaryl/α,β-unsaturated/α-hetero) is 1. The number of aromatic nitrogens is 1. The van der Waals surface area contributed by atoms with Crippen molar-refractivity contribution < 1.29 is 17.6 Å². The first-order valence-corrected chi connectivity index (χ1v) is 10.2. The maximum absolute atomic E-state index is 12.5. The smallest absolute Gasteiger partial charge is 0.257 e. The number of hydrogen-bond acceptors (Lipinski definition) is 6. The van der Waals surface area contributed by atoms with Crippen LogP contribution in [0.1, 0.15) is 17.3 Å². The number of rotatable bonds is 6. The van der Waals surface area contributed by atoms with Crippen molar-refractivity contribution in [3.05, 3.63) is 54.1 Å². The normalized spacial score (nSPS) is 12.9. The Balaban J connectivity index is 1.71. The van der Waals surface area contributed by atoms with E-state index in [2.05, 4.69) is 9.71 Å². The number of carbonyl (C=O) groups excluding carboxylic acids is 1. The lowest BCUT2D eigenvalue weighted by molar-refractivity contribution is 0.0993. The molecule has 2 aromatic carbocycles. The monoisotopic (exact) mass is 376 g/mol. The number of thioether (sulfide) groups is 1. The van der Waals surface area contributed by atoms with E-state index in [1.54, 1.807) is 31.2 Å². The summed E-state index contributed by atoms with van der Waals surface area (Å²) in [5, 5.41) is 0.0548. The van der Waals surface area contributed by atoms with Gasteiger partial charge in [0.2, 0.25) is 10.0 Å². The van der Waals surface area contributed by atoms with Gasteiger partial charge in [-0.2, -0.15) is 0 Å². The molecule has 25 heavy (non-hydrogen) atoms. The van der Waals surface area contributed by atoms with Crippen molar-refractivity contribution in [2.75, 3.05) is 11.0 Å². The highest BCUT2D eigenvalue weighted by molar-refractivity contribution is 8.00. The zero-order valence-corrected chi connectivity index (χ0v) is 15.2. The van der Waals surface area contributed by atoms with E-state index in [1.807, 2.05) is 24.3 Å². The minimum atomic E-state index is -3.34. The van der Waals surface area contributed by atoms with E-state index in [-0.39, 0.29) is 11.0 Å². The number of fused-ring (bicyclic) bond motifs is 1. The molecule has 1 N–H and O–H groups in total. The minimum Gasteiger partial charge on any atom is -0.431 e. The van der Waals surface area contributed by atoms with Crippen molar-refractivity contribution in [1.29, 1.82) is 0 Å². The SMILES string of the molecule is C[C@@H](Sc1nc2ccccc2o1)C(=O)c1ccc(NS(C)(=O)=O)cc1. The summed E-state index contributed by atoms with van der Waals surface area (Å²) in [5.41, 5.74) is 2.34. The molecule has 1 aromatic heterocycles. The third-order valence-corrected chi connectivity index (χ3v) is 4.94. The van der Waals surface area contributed by atoms with E-state index in [4.69, 9.17) is 4.42 Å². The molecule has 0 aliphatic heterocycles. The molecule has 3 aromatic rings. The predicted molar refractivity (Wildman–Crippen MR) is 98.6 cm³/mol. The van der Waals surface area contributed by atoms with Gasteiger partial charge in [-0.15, -0.1) is 0 Å². The van der Waals surface area contributed by atoms with Gasteiger partial charge in [0, 0.05) is 11.3 Å². The maximum atomic E-state index is 12.5. The van der Waals surface area contributed by atoms with Gasteiger partial charge in [0.25, 0.3) is 5.22 Å². The fourth-order valence-electron chi connectivity index (χ4n) is 2.26. The second-order valence-corrected chi connectivity index (χ2v) is 8.56. The van der Waals surface area contributed by atoms with Crippen LogP contribution in [-0.4, -0.2) is 30.7 Å². The Morgan fingerprint density at radius 3 is 2.48 bits per heavy atom. The van der Waals surface area contributed by atoms with Gasteiger partial charge in [0.15, 0.2) is 11.4 Å². The molecule has 0 saturated heterocycles. The van der Waals surface area contributed by atoms with Crippen LogP contribution in [0, 0.1) is 0 Å². The van der Waals surface area contributed by atoms with Gasteiger partial charge in [-0.05, 0) is 43.3 Å². The molecule has 0 aliphatic carbocycles. The number of nitrogens with one attached hydrogen (secondary N) is 1. The summed E-state index contributed by atoms with van der Waals surface area (Å²) in [6, 6.07) is 13.7. The van der Waals surface area contributed by atoms with Crippen LogP contribution in [0.3, 0.4) is 0 Å². The van der Waals surface area contributed by atoms with E-state index in [0.29, 0.717) is 22.1 Å². The Kier molecular flexibility index (Phi) is 4.82. The first kappa shape index (κ1) is 17.5. The van der Waals surface area contributed by atoms with Crippen LogP contribution in [0.4, 0.5) is 5.69 Å². The Morgan fingerprint density at radius 2 is 1.84 bits per heavy atom. The summed E-state index contributed by atoms with van der Waals surface area (Å²) in [7, 11) is -3.34. The number of nitrogens with zero attached hydrogens (tertiary/aromatic N) is 1.